The third-order valence-electron chi connectivity index (χ3n) is 3.53. The van der Waals surface area contributed by atoms with E-state index in [0.717, 1.165) is 28.0 Å². The number of nitrogens with zero attached hydrogens (tertiary/aromatic N) is 2. The van der Waals surface area contributed by atoms with Gasteiger partial charge in [0.1, 0.15) is 11.9 Å². The molecular formula is C14H15BrN2O2. The van der Waals surface area contributed by atoms with Crippen molar-refractivity contribution in [3.05, 3.63) is 46.2 Å². The van der Waals surface area contributed by atoms with Crippen molar-refractivity contribution in [1.29, 1.82) is 0 Å². The number of aliphatic hydroxyl groups is 1. The average Bonchev–Trinajstić information content (AvgIpc) is 3.01. The zero-order valence-electron chi connectivity index (χ0n) is 10.6. The molecule has 0 saturated carbocycles. The van der Waals surface area contributed by atoms with E-state index in [1.807, 2.05) is 35.9 Å². The molecule has 3 rings (SSSR count). The molecule has 0 amide bonds. The summed E-state index contributed by atoms with van der Waals surface area (Å²) in [6.45, 7) is 3.24. The number of benzene rings is 1. The second kappa shape index (κ2) is 4.98. The van der Waals surface area contributed by atoms with E-state index >= 15 is 0 Å². The molecule has 4 nitrogen and oxygen atoms in total. The normalized spacial score (nSPS) is 19.0. The van der Waals surface area contributed by atoms with Gasteiger partial charge in [-0.15, -0.1) is 0 Å². The summed E-state index contributed by atoms with van der Waals surface area (Å²) < 4.78 is 8.29. The average molecular weight is 323 g/mol. The monoisotopic (exact) mass is 322 g/mol. The van der Waals surface area contributed by atoms with Crippen molar-refractivity contribution in [2.24, 2.45) is 0 Å². The zero-order chi connectivity index (χ0) is 13.4. The Hall–Kier alpha value is -1.33. The van der Waals surface area contributed by atoms with Gasteiger partial charge < -0.3 is 9.84 Å². The number of halogens is 1. The fourth-order valence-electron chi connectivity index (χ4n) is 2.56. The predicted molar refractivity (Wildman–Crippen MR) is 75.2 cm³/mol. The molecular weight excluding hydrogens is 308 g/mol. The lowest BCUT2D eigenvalue weighted by Gasteiger charge is -2.19. The van der Waals surface area contributed by atoms with Crippen LogP contribution in [0.15, 0.2) is 34.9 Å². The van der Waals surface area contributed by atoms with Crippen molar-refractivity contribution < 1.29 is 9.84 Å². The molecule has 1 aromatic heterocycles. The molecule has 0 radical (unpaired) electrons. The first kappa shape index (κ1) is 12.7. The van der Waals surface area contributed by atoms with E-state index in [2.05, 4.69) is 21.0 Å². The fraction of sp³-hybridized carbons (Fsp3) is 0.357. The predicted octanol–water partition coefficient (Wildman–Crippen LogP) is 2.88. The Morgan fingerprint density at radius 1 is 1.53 bits per heavy atom. The molecule has 1 aliphatic rings. The first-order valence-electron chi connectivity index (χ1n) is 6.33. The summed E-state index contributed by atoms with van der Waals surface area (Å²) in [6.07, 6.45) is 1.10. The number of rotatable bonds is 3. The third kappa shape index (κ3) is 2.07. The molecule has 1 aromatic carbocycles. The minimum absolute atomic E-state index is 0.0468. The van der Waals surface area contributed by atoms with Gasteiger partial charge in [0.05, 0.1) is 28.9 Å². The first-order chi connectivity index (χ1) is 9.22. The summed E-state index contributed by atoms with van der Waals surface area (Å²) >= 11 is 3.46. The van der Waals surface area contributed by atoms with Crippen molar-refractivity contribution in [2.45, 2.75) is 25.5 Å². The van der Waals surface area contributed by atoms with E-state index in [1.165, 1.54) is 0 Å². The van der Waals surface area contributed by atoms with E-state index in [-0.39, 0.29) is 5.92 Å². The number of aliphatic hydroxyl groups excluding tert-OH is 1. The van der Waals surface area contributed by atoms with Crippen LogP contribution in [0.5, 0.6) is 5.75 Å². The number of fused-ring (bicyclic) bond motifs is 1. The number of aromatic nitrogens is 2. The van der Waals surface area contributed by atoms with Gasteiger partial charge in [-0.3, -0.25) is 4.68 Å². The molecule has 19 heavy (non-hydrogen) atoms. The molecule has 2 unspecified atom stereocenters. The van der Waals surface area contributed by atoms with Gasteiger partial charge in [0.2, 0.25) is 0 Å². The Bertz CT molecular complexity index is 597. The fourth-order valence-corrected chi connectivity index (χ4v) is 3.09. The molecule has 1 N–H and O–H groups in total. The molecule has 100 valence electrons. The van der Waals surface area contributed by atoms with Crippen LogP contribution in [-0.2, 0) is 6.54 Å². The third-order valence-corrected chi connectivity index (χ3v) is 4.14. The highest BCUT2D eigenvalue weighted by atomic mass is 79.9. The van der Waals surface area contributed by atoms with E-state index in [4.69, 9.17) is 4.74 Å². The minimum atomic E-state index is -0.625. The molecule has 2 aromatic rings. The van der Waals surface area contributed by atoms with Gasteiger partial charge in [-0.1, -0.05) is 18.2 Å². The molecule has 0 spiro atoms. The van der Waals surface area contributed by atoms with Gasteiger partial charge >= 0.3 is 0 Å². The highest BCUT2D eigenvalue weighted by Crippen LogP contribution is 2.42. The summed E-state index contributed by atoms with van der Waals surface area (Å²) in [5, 5.41) is 14.9. The van der Waals surface area contributed by atoms with Crippen molar-refractivity contribution >= 4 is 15.9 Å². The van der Waals surface area contributed by atoms with Crippen LogP contribution in [-0.4, -0.2) is 21.5 Å². The second-order valence-corrected chi connectivity index (χ2v) is 5.45. The smallest absolute Gasteiger partial charge is 0.123 e. The van der Waals surface area contributed by atoms with Crippen molar-refractivity contribution in [3.63, 3.8) is 0 Å². The van der Waals surface area contributed by atoms with Crippen molar-refractivity contribution in [2.75, 3.05) is 6.61 Å². The van der Waals surface area contributed by atoms with Gasteiger partial charge in [0.15, 0.2) is 0 Å². The van der Waals surface area contributed by atoms with E-state index < -0.39 is 6.10 Å². The largest absolute Gasteiger partial charge is 0.493 e. The number of para-hydroxylation sites is 1. The van der Waals surface area contributed by atoms with Gasteiger partial charge in [0, 0.05) is 12.1 Å². The quantitative estimate of drug-likeness (QED) is 0.945. The topological polar surface area (TPSA) is 47.3 Å². The molecule has 1 aliphatic heterocycles. The summed E-state index contributed by atoms with van der Waals surface area (Å²) in [5.74, 6) is 0.819. The van der Waals surface area contributed by atoms with Gasteiger partial charge in [-0.05, 0) is 28.9 Å². The maximum absolute atomic E-state index is 10.7. The zero-order valence-corrected chi connectivity index (χ0v) is 12.2. The number of hydrogen-bond acceptors (Lipinski definition) is 3. The Morgan fingerprint density at radius 3 is 3.11 bits per heavy atom. The molecule has 0 aliphatic carbocycles. The lowest BCUT2D eigenvalue weighted by Crippen LogP contribution is -2.17. The van der Waals surface area contributed by atoms with E-state index in [1.54, 1.807) is 6.20 Å². The summed E-state index contributed by atoms with van der Waals surface area (Å²) in [7, 11) is 0. The van der Waals surface area contributed by atoms with Crippen LogP contribution in [0.1, 0.15) is 30.2 Å². The molecule has 0 bridgehead atoms. The Kier molecular flexibility index (Phi) is 3.33. The molecule has 2 heterocycles. The summed E-state index contributed by atoms with van der Waals surface area (Å²) in [6, 6.07) is 7.87. The van der Waals surface area contributed by atoms with E-state index in [9.17, 15) is 5.11 Å². The van der Waals surface area contributed by atoms with Gasteiger partial charge in [0.25, 0.3) is 0 Å². The van der Waals surface area contributed by atoms with Gasteiger partial charge in [-0.25, -0.2) is 0 Å². The van der Waals surface area contributed by atoms with Crippen LogP contribution in [0.2, 0.25) is 0 Å². The summed E-state index contributed by atoms with van der Waals surface area (Å²) in [5.41, 5.74) is 1.87. The van der Waals surface area contributed by atoms with Gasteiger partial charge in [-0.2, -0.15) is 5.10 Å². The number of aryl methyl sites for hydroxylation is 1. The number of hydrogen-bond donors (Lipinski definition) is 1. The summed E-state index contributed by atoms with van der Waals surface area (Å²) in [4.78, 5) is 0. The SMILES string of the molecule is CCn1ncc(Br)c1C(O)C1COc2ccccc21. The Labute approximate surface area is 120 Å². The molecule has 0 saturated heterocycles. The van der Waals surface area contributed by atoms with Crippen LogP contribution in [0.25, 0.3) is 0 Å². The highest BCUT2D eigenvalue weighted by molar-refractivity contribution is 9.10. The van der Waals surface area contributed by atoms with Crippen LogP contribution < -0.4 is 4.74 Å². The van der Waals surface area contributed by atoms with Crippen LogP contribution in [0.4, 0.5) is 0 Å². The number of ether oxygens (including phenoxy) is 1. The first-order valence-corrected chi connectivity index (χ1v) is 7.12. The minimum Gasteiger partial charge on any atom is -0.493 e. The highest BCUT2D eigenvalue weighted by Gasteiger charge is 2.33. The molecule has 2 atom stereocenters. The van der Waals surface area contributed by atoms with Crippen molar-refractivity contribution in [3.8, 4) is 5.75 Å². The van der Waals surface area contributed by atoms with Crippen LogP contribution in [0, 0.1) is 0 Å². The Balaban J connectivity index is 1.97. The van der Waals surface area contributed by atoms with Crippen LogP contribution in [0.3, 0.4) is 0 Å². The van der Waals surface area contributed by atoms with Crippen molar-refractivity contribution in [1.82, 2.24) is 9.78 Å². The molecule has 5 heteroatoms. The van der Waals surface area contributed by atoms with Crippen LogP contribution >= 0.6 is 15.9 Å². The molecule has 0 fully saturated rings. The lowest BCUT2D eigenvalue weighted by molar-refractivity contribution is 0.120. The lowest BCUT2D eigenvalue weighted by atomic mass is 9.93. The van der Waals surface area contributed by atoms with E-state index in [0.29, 0.717) is 6.61 Å². The maximum Gasteiger partial charge on any atom is 0.123 e. The maximum atomic E-state index is 10.7. The Morgan fingerprint density at radius 2 is 2.32 bits per heavy atom. The second-order valence-electron chi connectivity index (χ2n) is 4.59. The standard InChI is InChI=1S/C14H15BrN2O2/c1-2-17-13(11(15)7-16-17)14(18)10-8-19-12-6-4-3-5-9(10)12/h3-7,10,14,18H,2,8H2,1H3.